The molecule has 0 radical (unpaired) electrons. The van der Waals surface area contributed by atoms with Crippen LogP contribution in [0, 0.1) is 0 Å². The van der Waals surface area contributed by atoms with Gasteiger partial charge in [0.05, 0.1) is 10.6 Å². The Morgan fingerprint density at radius 3 is 2.50 bits per heavy atom. The predicted molar refractivity (Wildman–Crippen MR) is 76.5 cm³/mol. The van der Waals surface area contributed by atoms with Gasteiger partial charge >= 0.3 is 12.2 Å². The third kappa shape index (κ3) is 6.21. The fourth-order valence-electron chi connectivity index (χ4n) is 1.67. The van der Waals surface area contributed by atoms with Crippen molar-refractivity contribution in [3.63, 3.8) is 0 Å². The van der Waals surface area contributed by atoms with E-state index in [9.17, 15) is 22.8 Å². The maximum absolute atomic E-state index is 12.7. The lowest BCUT2D eigenvalue weighted by Crippen LogP contribution is -2.30. The molecule has 22 heavy (non-hydrogen) atoms. The minimum atomic E-state index is -4.59. The van der Waals surface area contributed by atoms with E-state index >= 15 is 0 Å². The predicted octanol–water partition coefficient (Wildman–Crippen LogP) is 3.14. The molecule has 0 aliphatic carbocycles. The van der Waals surface area contributed by atoms with Gasteiger partial charge in [-0.1, -0.05) is 11.6 Å². The average molecular weight is 338 g/mol. The number of nitrogens with one attached hydrogen (secondary N) is 2. The number of hydrogen-bond acceptors (Lipinski definition) is 2. The van der Waals surface area contributed by atoms with E-state index in [1.165, 1.54) is 6.07 Å². The van der Waals surface area contributed by atoms with Crippen molar-refractivity contribution < 1.29 is 22.8 Å². The van der Waals surface area contributed by atoms with Crippen LogP contribution in [0.5, 0.6) is 0 Å². The van der Waals surface area contributed by atoms with E-state index in [4.69, 9.17) is 17.3 Å². The Labute approximate surface area is 130 Å². The molecule has 0 unspecified atom stereocenters. The maximum atomic E-state index is 12.7. The number of amides is 3. The molecule has 1 aromatic rings. The summed E-state index contributed by atoms with van der Waals surface area (Å²) < 4.78 is 38.0. The summed E-state index contributed by atoms with van der Waals surface area (Å²) in [5, 5.41) is 4.31. The van der Waals surface area contributed by atoms with Crippen LogP contribution in [-0.2, 0) is 11.0 Å². The number of nitrogens with two attached hydrogens (primary N) is 1. The molecule has 0 spiro atoms. The summed E-state index contributed by atoms with van der Waals surface area (Å²) in [6, 6.07) is 2.51. The first-order valence-electron chi connectivity index (χ1n) is 6.40. The molecule has 0 saturated carbocycles. The molecule has 0 saturated heterocycles. The Morgan fingerprint density at radius 1 is 1.23 bits per heavy atom. The quantitative estimate of drug-likeness (QED) is 0.697. The Hall–Kier alpha value is -1.96. The Bertz CT molecular complexity index is 550. The summed E-state index contributed by atoms with van der Waals surface area (Å²) in [5.74, 6) is -0.422. The number of anilines is 1. The smallest absolute Gasteiger partial charge is 0.352 e. The first-order chi connectivity index (χ1) is 10.2. The van der Waals surface area contributed by atoms with Gasteiger partial charge in [0.25, 0.3) is 0 Å². The number of halogens is 4. The van der Waals surface area contributed by atoms with Gasteiger partial charge < -0.3 is 16.4 Å². The van der Waals surface area contributed by atoms with Gasteiger partial charge in [0.1, 0.15) is 0 Å². The Morgan fingerprint density at radius 2 is 1.91 bits per heavy atom. The molecule has 4 N–H and O–H groups in total. The van der Waals surface area contributed by atoms with Crippen LogP contribution >= 0.6 is 11.6 Å². The van der Waals surface area contributed by atoms with Gasteiger partial charge in [-0.2, -0.15) is 13.2 Å². The number of unbranched alkanes of at least 4 members (excludes halogenated alkanes) is 1. The minimum absolute atomic E-state index is 0.0250. The Kier molecular flexibility index (Phi) is 6.48. The van der Waals surface area contributed by atoms with Crippen LogP contribution in [0.2, 0.25) is 5.02 Å². The molecule has 1 rings (SSSR count). The van der Waals surface area contributed by atoms with Crippen LogP contribution in [-0.4, -0.2) is 18.5 Å². The largest absolute Gasteiger partial charge is 0.417 e. The highest BCUT2D eigenvalue weighted by molar-refractivity contribution is 6.31. The van der Waals surface area contributed by atoms with E-state index in [0.29, 0.717) is 19.4 Å². The summed E-state index contributed by atoms with van der Waals surface area (Å²) in [6.07, 6.45) is -3.47. The summed E-state index contributed by atoms with van der Waals surface area (Å²) in [7, 11) is 0. The van der Waals surface area contributed by atoms with Crippen molar-refractivity contribution in [1.29, 1.82) is 0 Å². The maximum Gasteiger partial charge on any atom is 0.417 e. The van der Waals surface area contributed by atoms with E-state index in [1.807, 2.05) is 0 Å². The van der Waals surface area contributed by atoms with Crippen molar-refractivity contribution in [3.05, 3.63) is 28.8 Å². The number of rotatable bonds is 6. The molecule has 5 nitrogen and oxygen atoms in total. The second-order valence-electron chi connectivity index (χ2n) is 4.49. The molecule has 0 heterocycles. The highest BCUT2D eigenvalue weighted by Gasteiger charge is 2.33. The van der Waals surface area contributed by atoms with Gasteiger partial charge in [-0.25, -0.2) is 4.79 Å². The third-order valence-electron chi connectivity index (χ3n) is 2.69. The van der Waals surface area contributed by atoms with Gasteiger partial charge in [0, 0.05) is 18.7 Å². The monoisotopic (exact) mass is 337 g/mol. The second kappa shape index (κ2) is 7.88. The SMILES string of the molecule is NC(=O)NCCCCC(=O)Nc1ccc(Cl)c(C(F)(F)F)c1. The first-order valence-corrected chi connectivity index (χ1v) is 6.78. The standard InChI is InChI=1S/C13H15ClF3N3O2/c14-10-5-4-8(7-9(10)13(15,16)17)20-11(21)3-1-2-6-19-12(18)22/h4-5,7H,1-3,6H2,(H,20,21)(H3,18,19,22). The van der Waals surface area contributed by atoms with Gasteiger partial charge in [-0.05, 0) is 31.0 Å². The summed E-state index contributed by atoms with van der Waals surface area (Å²) in [5.41, 5.74) is 3.89. The minimum Gasteiger partial charge on any atom is -0.352 e. The van der Waals surface area contributed by atoms with Gasteiger partial charge in [-0.15, -0.1) is 0 Å². The van der Waals surface area contributed by atoms with Gasteiger partial charge in [0.2, 0.25) is 5.91 Å². The number of alkyl halides is 3. The number of carbonyl (C=O) groups is 2. The zero-order chi connectivity index (χ0) is 16.8. The van der Waals surface area contributed by atoms with E-state index in [2.05, 4.69) is 10.6 Å². The number of urea groups is 1. The van der Waals surface area contributed by atoms with Crippen molar-refractivity contribution in [2.45, 2.75) is 25.4 Å². The van der Waals surface area contributed by atoms with Crippen molar-refractivity contribution in [2.75, 3.05) is 11.9 Å². The molecule has 0 aliphatic heterocycles. The molecule has 1 aromatic carbocycles. The highest BCUT2D eigenvalue weighted by atomic mass is 35.5. The lowest BCUT2D eigenvalue weighted by Gasteiger charge is -2.11. The normalized spacial score (nSPS) is 11.1. The number of benzene rings is 1. The van der Waals surface area contributed by atoms with Crippen molar-refractivity contribution in [3.8, 4) is 0 Å². The van der Waals surface area contributed by atoms with E-state index in [1.54, 1.807) is 0 Å². The van der Waals surface area contributed by atoms with Crippen molar-refractivity contribution in [1.82, 2.24) is 5.32 Å². The summed E-state index contributed by atoms with van der Waals surface area (Å²) in [6.45, 7) is 0.335. The van der Waals surface area contributed by atoms with E-state index in [-0.39, 0.29) is 12.1 Å². The van der Waals surface area contributed by atoms with Crippen molar-refractivity contribution >= 4 is 29.2 Å². The van der Waals surface area contributed by atoms with Crippen LogP contribution in [0.1, 0.15) is 24.8 Å². The number of hydrogen-bond donors (Lipinski definition) is 3. The van der Waals surface area contributed by atoms with E-state index in [0.717, 1.165) is 12.1 Å². The molecular weight excluding hydrogens is 323 g/mol. The van der Waals surface area contributed by atoms with Gasteiger partial charge in [0.15, 0.2) is 0 Å². The molecule has 9 heteroatoms. The topological polar surface area (TPSA) is 84.2 Å². The molecule has 0 aromatic heterocycles. The zero-order valence-corrected chi connectivity index (χ0v) is 12.2. The van der Waals surface area contributed by atoms with Crippen LogP contribution in [0.25, 0.3) is 0 Å². The fourth-order valence-corrected chi connectivity index (χ4v) is 1.89. The average Bonchev–Trinajstić information content (AvgIpc) is 2.39. The highest BCUT2D eigenvalue weighted by Crippen LogP contribution is 2.36. The van der Waals surface area contributed by atoms with Gasteiger partial charge in [-0.3, -0.25) is 4.79 Å². The van der Waals surface area contributed by atoms with Crippen LogP contribution < -0.4 is 16.4 Å². The Balaban J connectivity index is 2.50. The summed E-state index contributed by atoms with van der Waals surface area (Å²) in [4.78, 5) is 22.0. The second-order valence-corrected chi connectivity index (χ2v) is 4.90. The van der Waals surface area contributed by atoms with E-state index < -0.39 is 28.7 Å². The summed E-state index contributed by atoms with van der Waals surface area (Å²) >= 11 is 5.48. The third-order valence-corrected chi connectivity index (χ3v) is 3.01. The van der Waals surface area contributed by atoms with Crippen LogP contribution in [0.4, 0.5) is 23.7 Å². The lowest BCUT2D eigenvalue weighted by molar-refractivity contribution is -0.137. The molecule has 0 atom stereocenters. The van der Waals surface area contributed by atoms with Crippen LogP contribution in [0.15, 0.2) is 18.2 Å². The molecule has 122 valence electrons. The molecule has 3 amide bonds. The lowest BCUT2D eigenvalue weighted by atomic mass is 10.1. The fraction of sp³-hybridized carbons (Fsp3) is 0.385. The number of primary amides is 1. The van der Waals surface area contributed by atoms with Crippen molar-refractivity contribution in [2.24, 2.45) is 5.73 Å². The number of carbonyl (C=O) groups excluding carboxylic acids is 2. The molecular formula is C13H15ClF3N3O2. The molecule has 0 bridgehead atoms. The molecule has 0 aliphatic rings. The zero-order valence-electron chi connectivity index (χ0n) is 11.5. The molecule has 0 fully saturated rings. The first kappa shape index (κ1) is 18.1. The van der Waals surface area contributed by atoms with Crippen LogP contribution in [0.3, 0.4) is 0 Å².